The molecule has 1 rings (SSSR count). The van der Waals surface area contributed by atoms with Gasteiger partial charge in [0.1, 0.15) is 0 Å². The maximum atomic E-state index is 11.7. The average Bonchev–Trinajstić information content (AvgIpc) is 2.30. The van der Waals surface area contributed by atoms with Gasteiger partial charge >= 0.3 is 0 Å². The van der Waals surface area contributed by atoms with E-state index in [1.165, 1.54) is 0 Å². The molecule has 16 heavy (non-hydrogen) atoms. The molecule has 4 nitrogen and oxygen atoms in total. The van der Waals surface area contributed by atoms with Gasteiger partial charge in [-0.2, -0.15) is 0 Å². The molecule has 90 valence electrons. The van der Waals surface area contributed by atoms with Crippen LogP contribution in [0.5, 0.6) is 0 Å². The lowest BCUT2D eigenvalue weighted by molar-refractivity contribution is 0.140. The van der Waals surface area contributed by atoms with Gasteiger partial charge in [0.15, 0.2) is 0 Å². The largest absolute Gasteiger partial charge is 0.380 e. The number of hydrogen-bond donors (Lipinski definition) is 1. The van der Waals surface area contributed by atoms with E-state index in [1.54, 1.807) is 30.3 Å². The van der Waals surface area contributed by atoms with Gasteiger partial charge in [-0.05, 0) is 18.6 Å². The first-order valence-electron chi connectivity index (χ1n) is 5.29. The SMILES string of the molecule is CCCOCCNS(=O)(=O)c1ccccc1. The van der Waals surface area contributed by atoms with Crippen molar-refractivity contribution in [3.63, 3.8) is 0 Å². The Bertz CT molecular complexity index is 389. The number of rotatable bonds is 7. The molecule has 0 saturated heterocycles. The number of ether oxygens (including phenoxy) is 1. The minimum atomic E-state index is -3.38. The normalized spacial score (nSPS) is 11.6. The maximum absolute atomic E-state index is 11.7. The molecule has 0 fully saturated rings. The molecule has 0 radical (unpaired) electrons. The summed E-state index contributed by atoms with van der Waals surface area (Å²) in [5.74, 6) is 0. The van der Waals surface area contributed by atoms with Crippen molar-refractivity contribution in [3.05, 3.63) is 30.3 Å². The van der Waals surface area contributed by atoms with E-state index in [0.29, 0.717) is 19.8 Å². The van der Waals surface area contributed by atoms with Gasteiger partial charge in [-0.15, -0.1) is 0 Å². The third kappa shape index (κ3) is 4.30. The molecule has 0 aliphatic carbocycles. The fraction of sp³-hybridized carbons (Fsp3) is 0.455. The molecule has 1 N–H and O–H groups in total. The minimum Gasteiger partial charge on any atom is -0.380 e. The van der Waals surface area contributed by atoms with Crippen LogP contribution in [-0.2, 0) is 14.8 Å². The first kappa shape index (κ1) is 13.2. The zero-order valence-electron chi connectivity index (χ0n) is 9.35. The summed E-state index contributed by atoms with van der Waals surface area (Å²) in [6.45, 7) is 3.37. The third-order valence-corrected chi connectivity index (χ3v) is 3.42. The minimum absolute atomic E-state index is 0.283. The van der Waals surface area contributed by atoms with Gasteiger partial charge in [0.25, 0.3) is 0 Å². The predicted octanol–water partition coefficient (Wildman–Crippen LogP) is 1.39. The van der Waals surface area contributed by atoms with Crippen LogP contribution in [0.2, 0.25) is 0 Å². The Balaban J connectivity index is 2.41. The average molecular weight is 243 g/mol. The summed E-state index contributed by atoms with van der Waals surface area (Å²) in [4.78, 5) is 0.283. The highest BCUT2D eigenvalue weighted by Gasteiger charge is 2.11. The quantitative estimate of drug-likeness (QED) is 0.736. The Morgan fingerprint density at radius 3 is 2.50 bits per heavy atom. The number of hydrogen-bond acceptors (Lipinski definition) is 3. The van der Waals surface area contributed by atoms with Crippen LogP contribution >= 0.6 is 0 Å². The van der Waals surface area contributed by atoms with Crippen LogP contribution in [0, 0.1) is 0 Å². The van der Waals surface area contributed by atoms with Crippen LogP contribution < -0.4 is 4.72 Å². The van der Waals surface area contributed by atoms with Crippen LogP contribution in [0.25, 0.3) is 0 Å². The molecule has 0 amide bonds. The zero-order chi connectivity index (χ0) is 11.9. The third-order valence-electron chi connectivity index (χ3n) is 1.94. The molecule has 0 bridgehead atoms. The highest BCUT2D eigenvalue weighted by molar-refractivity contribution is 7.89. The van der Waals surface area contributed by atoms with Crippen LogP contribution in [0.3, 0.4) is 0 Å². The fourth-order valence-corrected chi connectivity index (χ4v) is 2.21. The van der Waals surface area contributed by atoms with E-state index in [1.807, 2.05) is 6.92 Å². The Morgan fingerprint density at radius 2 is 1.88 bits per heavy atom. The molecule has 0 spiro atoms. The fourth-order valence-electron chi connectivity index (χ4n) is 1.18. The van der Waals surface area contributed by atoms with Crippen molar-refractivity contribution < 1.29 is 13.2 Å². The van der Waals surface area contributed by atoms with Gasteiger partial charge in [0.2, 0.25) is 10.0 Å². The van der Waals surface area contributed by atoms with Gasteiger partial charge < -0.3 is 4.74 Å². The Kier molecular flexibility index (Phi) is 5.45. The summed E-state index contributed by atoms with van der Waals surface area (Å²) in [5, 5.41) is 0. The van der Waals surface area contributed by atoms with E-state index < -0.39 is 10.0 Å². The molecule has 0 unspecified atom stereocenters. The monoisotopic (exact) mass is 243 g/mol. The summed E-state index contributed by atoms with van der Waals surface area (Å²) < 4.78 is 31.1. The summed E-state index contributed by atoms with van der Waals surface area (Å²) in [6.07, 6.45) is 0.936. The molecule has 0 heterocycles. The van der Waals surface area contributed by atoms with Crippen LogP contribution in [0.4, 0.5) is 0 Å². The molecule has 5 heteroatoms. The zero-order valence-corrected chi connectivity index (χ0v) is 10.2. The standard InChI is InChI=1S/C11H17NO3S/c1-2-9-15-10-8-12-16(13,14)11-6-4-3-5-7-11/h3-7,12H,2,8-10H2,1H3. The molecule has 1 aromatic carbocycles. The van der Waals surface area contributed by atoms with Crippen molar-refractivity contribution in [2.75, 3.05) is 19.8 Å². The van der Waals surface area contributed by atoms with Crippen LogP contribution in [0.15, 0.2) is 35.2 Å². The lowest BCUT2D eigenvalue weighted by atomic mass is 10.4. The van der Waals surface area contributed by atoms with Crippen molar-refractivity contribution in [2.24, 2.45) is 0 Å². The summed E-state index contributed by atoms with van der Waals surface area (Å²) in [7, 11) is -3.38. The van der Waals surface area contributed by atoms with E-state index >= 15 is 0 Å². The second kappa shape index (κ2) is 6.62. The van der Waals surface area contributed by atoms with Gasteiger partial charge in [0, 0.05) is 13.2 Å². The van der Waals surface area contributed by atoms with Gasteiger partial charge in [0.05, 0.1) is 11.5 Å². The molecule has 0 aromatic heterocycles. The van der Waals surface area contributed by atoms with Crippen LogP contribution in [-0.4, -0.2) is 28.2 Å². The first-order chi connectivity index (χ1) is 7.67. The van der Waals surface area contributed by atoms with E-state index in [2.05, 4.69) is 4.72 Å². The van der Waals surface area contributed by atoms with E-state index in [9.17, 15) is 8.42 Å². The lowest BCUT2D eigenvalue weighted by Gasteiger charge is -2.06. The van der Waals surface area contributed by atoms with Crippen molar-refractivity contribution in [1.29, 1.82) is 0 Å². The molecular weight excluding hydrogens is 226 g/mol. The van der Waals surface area contributed by atoms with E-state index in [4.69, 9.17) is 4.74 Å². The van der Waals surface area contributed by atoms with E-state index in [0.717, 1.165) is 6.42 Å². The second-order valence-electron chi connectivity index (χ2n) is 3.32. The van der Waals surface area contributed by atoms with Crippen molar-refractivity contribution >= 4 is 10.0 Å². The summed E-state index contributed by atoms with van der Waals surface area (Å²) >= 11 is 0. The Morgan fingerprint density at radius 1 is 1.19 bits per heavy atom. The van der Waals surface area contributed by atoms with Gasteiger partial charge in [-0.3, -0.25) is 0 Å². The Hall–Kier alpha value is -0.910. The summed E-state index contributed by atoms with van der Waals surface area (Å²) in [6, 6.07) is 8.30. The van der Waals surface area contributed by atoms with Crippen molar-refractivity contribution in [3.8, 4) is 0 Å². The number of sulfonamides is 1. The van der Waals surface area contributed by atoms with Crippen molar-refractivity contribution in [2.45, 2.75) is 18.2 Å². The second-order valence-corrected chi connectivity index (χ2v) is 5.09. The number of benzene rings is 1. The highest BCUT2D eigenvalue weighted by Crippen LogP contribution is 2.06. The lowest BCUT2D eigenvalue weighted by Crippen LogP contribution is -2.27. The molecule has 0 saturated carbocycles. The molecule has 0 aliphatic heterocycles. The molecular formula is C11H17NO3S. The molecule has 0 atom stereocenters. The van der Waals surface area contributed by atoms with Crippen LogP contribution in [0.1, 0.15) is 13.3 Å². The van der Waals surface area contributed by atoms with Crippen molar-refractivity contribution in [1.82, 2.24) is 4.72 Å². The van der Waals surface area contributed by atoms with Gasteiger partial charge in [-0.25, -0.2) is 13.1 Å². The van der Waals surface area contributed by atoms with Gasteiger partial charge in [-0.1, -0.05) is 25.1 Å². The Labute approximate surface area is 96.7 Å². The van der Waals surface area contributed by atoms with E-state index in [-0.39, 0.29) is 4.90 Å². The highest BCUT2D eigenvalue weighted by atomic mass is 32.2. The molecule has 0 aliphatic rings. The smallest absolute Gasteiger partial charge is 0.240 e. The first-order valence-corrected chi connectivity index (χ1v) is 6.77. The molecule has 1 aromatic rings. The topological polar surface area (TPSA) is 55.4 Å². The summed E-state index contributed by atoms with van der Waals surface area (Å²) in [5.41, 5.74) is 0. The predicted molar refractivity (Wildman–Crippen MR) is 62.7 cm³/mol. The number of nitrogens with one attached hydrogen (secondary N) is 1. The maximum Gasteiger partial charge on any atom is 0.240 e.